The molecule has 1 aliphatic heterocycles. The van der Waals surface area contributed by atoms with E-state index in [-0.39, 0.29) is 20.9 Å². The number of aromatic nitrogens is 1. The molecule has 2 N–H and O–H groups in total. The molecule has 8 nitrogen and oxygen atoms in total. The molecule has 2 amide bonds. The van der Waals surface area contributed by atoms with Gasteiger partial charge in [0.05, 0.1) is 0 Å². The average molecular weight is 696 g/mol. The van der Waals surface area contributed by atoms with Gasteiger partial charge in [-0.05, 0) is 6.07 Å². The molecule has 3 rings (SSSR count). The Morgan fingerprint density at radius 2 is 2.06 bits per heavy atom. The molecule has 1 aromatic heterocycles. The fourth-order valence-electron chi connectivity index (χ4n) is 3.09. The number of halogens is 5. The molecule has 1 unspecified atom stereocenters. The SMILES string of the molecule is C=C[I-]/C(C(=O)NC(C)c1ncc(C(=O)Nc2cc(Br)cc(C(F)(F)F)c2)s1)=C1/C=NN(C)C1=NC. The molecular weight excluding hydrogens is 676 g/mol. The van der Waals surface area contributed by atoms with E-state index < -0.39 is 44.9 Å². The Morgan fingerprint density at radius 1 is 1.33 bits per heavy atom. The van der Waals surface area contributed by atoms with E-state index in [1.165, 1.54) is 12.3 Å². The van der Waals surface area contributed by atoms with Crippen LogP contribution in [0.3, 0.4) is 0 Å². The van der Waals surface area contributed by atoms with Gasteiger partial charge in [0.25, 0.3) is 0 Å². The second-order valence-electron chi connectivity index (χ2n) is 7.24. The van der Waals surface area contributed by atoms with Crippen molar-refractivity contribution < 1.29 is 44.0 Å². The third kappa shape index (κ3) is 6.59. The summed E-state index contributed by atoms with van der Waals surface area (Å²) >= 11 is 3.23. The number of thiazole rings is 1. The second-order valence-corrected chi connectivity index (χ2v) is 11.8. The fraction of sp³-hybridized carbons (Fsp3) is 0.227. The number of nitrogens with zero attached hydrogens (tertiary/aromatic N) is 4. The molecule has 0 saturated carbocycles. The minimum absolute atomic E-state index is 0.0146. The van der Waals surface area contributed by atoms with Gasteiger partial charge in [-0.2, -0.15) is 13.2 Å². The minimum atomic E-state index is -4.56. The van der Waals surface area contributed by atoms with E-state index >= 15 is 0 Å². The molecule has 2 heterocycles. The summed E-state index contributed by atoms with van der Waals surface area (Å²) in [4.78, 5) is 34.3. The zero-order valence-corrected chi connectivity index (χ0v) is 23.7. The van der Waals surface area contributed by atoms with Crippen molar-refractivity contribution in [2.75, 3.05) is 19.4 Å². The molecule has 1 atom stereocenters. The Balaban J connectivity index is 1.75. The molecule has 1 aromatic carbocycles. The Bertz CT molecular complexity index is 1290. The molecule has 0 saturated heterocycles. The summed E-state index contributed by atoms with van der Waals surface area (Å²) in [6, 6.07) is 2.61. The third-order valence-electron chi connectivity index (χ3n) is 4.69. The van der Waals surface area contributed by atoms with Gasteiger partial charge >= 0.3 is 194 Å². The van der Waals surface area contributed by atoms with Crippen LogP contribution >= 0.6 is 27.3 Å². The fourth-order valence-corrected chi connectivity index (χ4v) is 6.00. The van der Waals surface area contributed by atoms with E-state index in [1.807, 2.05) is 0 Å². The predicted molar refractivity (Wildman–Crippen MR) is 133 cm³/mol. The number of rotatable bonds is 7. The van der Waals surface area contributed by atoms with Crippen molar-refractivity contribution in [1.29, 1.82) is 0 Å². The van der Waals surface area contributed by atoms with Gasteiger partial charge in [-0.3, -0.25) is 0 Å². The van der Waals surface area contributed by atoms with Crippen molar-refractivity contribution in [2.45, 2.75) is 19.1 Å². The van der Waals surface area contributed by atoms with Gasteiger partial charge in [0.15, 0.2) is 0 Å². The summed E-state index contributed by atoms with van der Waals surface area (Å²) in [5.41, 5.74) is -0.279. The number of hydrazone groups is 1. The Kier molecular flexibility index (Phi) is 9.05. The molecule has 14 heteroatoms. The quantitative estimate of drug-likeness (QED) is 0.341. The normalized spacial score (nSPS) is 16.9. The number of carbonyl (C=O) groups is 2. The first kappa shape index (κ1) is 28.0. The number of amides is 2. The second kappa shape index (κ2) is 11.6. The van der Waals surface area contributed by atoms with Crippen molar-refractivity contribution >= 4 is 56.8 Å². The third-order valence-corrected chi connectivity index (χ3v) is 8.46. The van der Waals surface area contributed by atoms with Gasteiger partial charge in [0.1, 0.15) is 0 Å². The molecule has 36 heavy (non-hydrogen) atoms. The van der Waals surface area contributed by atoms with Crippen LogP contribution < -0.4 is 31.8 Å². The van der Waals surface area contributed by atoms with Crippen LogP contribution in [0.15, 0.2) is 58.8 Å². The van der Waals surface area contributed by atoms with Crippen LogP contribution in [0.25, 0.3) is 0 Å². The van der Waals surface area contributed by atoms with Crippen molar-refractivity contribution in [2.24, 2.45) is 10.1 Å². The van der Waals surface area contributed by atoms with E-state index in [0.717, 1.165) is 23.5 Å². The Morgan fingerprint density at radius 3 is 2.69 bits per heavy atom. The summed E-state index contributed by atoms with van der Waals surface area (Å²) in [5, 5.41) is 11.6. The number of aliphatic imine (C=N–C) groups is 1. The molecule has 0 fully saturated rings. The number of amidine groups is 1. The van der Waals surface area contributed by atoms with Gasteiger partial charge in [-0.1, -0.05) is 15.9 Å². The molecule has 2 aromatic rings. The maximum atomic E-state index is 13.1. The molecule has 1 aliphatic rings. The summed E-state index contributed by atoms with van der Waals surface area (Å²) in [5.74, 6) is -0.357. The van der Waals surface area contributed by atoms with Gasteiger partial charge in [-0.15, -0.1) is 0 Å². The molecule has 192 valence electrons. The number of alkyl halides is 3. The topological polar surface area (TPSA) is 99.0 Å². The molecule has 0 radical (unpaired) electrons. The molecule has 0 aliphatic carbocycles. The van der Waals surface area contributed by atoms with Crippen molar-refractivity contribution in [3.8, 4) is 0 Å². The number of likely N-dealkylation sites (N-methyl/N-ethyl adjacent to an activating group) is 1. The van der Waals surface area contributed by atoms with Gasteiger partial charge < -0.3 is 0 Å². The summed E-state index contributed by atoms with van der Waals surface area (Å²) < 4.78 is 41.6. The van der Waals surface area contributed by atoms with E-state index in [4.69, 9.17) is 0 Å². The van der Waals surface area contributed by atoms with E-state index in [0.29, 0.717) is 20.0 Å². The summed E-state index contributed by atoms with van der Waals surface area (Å²) in [7, 11) is 3.35. The van der Waals surface area contributed by atoms with Gasteiger partial charge in [0.2, 0.25) is 0 Å². The predicted octanol–water partition coefficient (Wildman–Crippen LogP) is 1.80. The van der Waals surface area contributed by atoms with Crippen LogP contribution in [0.4, 0.5) is 18.9 Å². The van der Waals surface area contributed by atoms with E-state index in [9.17, 15) is 22.8 Å². The first-order valence-electron chi connectivity index (χ1n) is 10.1. The maximum absolute atomic E-state index is 13.1. The monoisotopic (exact) mass is 695 g/mol. The first-order valence-corrected chi connectivity index (χ1v) is 14.1. The van der Waals surface area contributed by atoms with Crippen molar-refractivity contribution in [3.05, 3.63) is 64.1 Å². The Hall–Kier alpha value is -2.59. The van der Waals surface area contributed by atoms with Crippen LogP contribution in [0.5, 0.6) is 0 Å². The zero-order valence-electron chi connectivity index (χ0n) is 19.2. The summed E-state index contributed by atoms with van der Waals surface area (Å²) in [6.45, 7) is 5.48. The van der Waals surface area contributed by atoms with Gasteiger partial charge in [0, 0.05) is 0 Å². The van der Waals surface area contributed by atoms with E-state index in [2.05, 4.69) is 48.2 Å². The van der Waals surface area contributed by atoms with Crippen LogP contribution in [-0.2, 0) is 11.0 Å². The van der Waals surface area contributed by atoms with Crippen LogP contribution in [0.1, 0.15) is 33.2 Å². The van der Waals surface area contributed by atoms with Crippen molar-refractivity contribution in [1.82, 2.24) is 15.3 Å². The Labute approximate surface area is 227 Å². The average Bonchev–Trinajstić information content (AvgIpc) is 3.43. The summed E-state index contributed by atoms with van der Waals surface area (Å²) in [6.07, 6.45) is -1.65. The first-order chi connectivity index (χ1) is 16.9. The number of hydrogen-bond acceptors (Lipinski definition) is 6. The van der Waals surface area contributed by atoms with Crippen LogP contribution in [0.2, 0.25) is 0 Å². The van der Waals surface area contributed by atoms with E-state index in [1.54, 1.807) is 36.3 Å². The zero-order chi connectivity index (χ0) is 26.6. The van der Waals surface area contributed by atoms with Crippen LogP contribution in [-0.4, -0.2) is 48.0 Å². The molecule has 0 bridgehead atoms. The number of anilines is 1. The number of nitrogens with one attached hydrogen (secondary N) is 2. The van der Waals surface area contributed by atoms with Gasteiger partial charge in [-0.25, -0.2) is 0 Å². The number of carbonyl (C=O) groups excluding carboxylic acids is 2. The number of benzene rings is 1. The van der Waals surface area contributed by atoms with Crippen LogP contribution in [0, 0.1) is 0 Å². The standard InChI is InChI=1S/C22H20BrF3IN6O2S/c1-5-27-17(15-9-30-33(4)18(15)28-3)20(35)31-11(2)21-29-10-16(36-21)19(34)32-14-7-12(22(24,25)26)6-13(23)8-14/h5-11H,1H2,2-4H3,(H,31,35)(H,32,34)/q-1/b17-15-,28-18?. The molecular formula is C22H20BrF3IN6O2S-. The van der Waals surface area contributed by atoms with Crippen molar-refractivity contribution in [3.63, 3.8) is 0 Å². The number of hydrogen-bond donors (Lipinski definition) is 2. The molecule has 0 spiro atoms.